The molecule has 2 aromatic rings. The Labute approximate surface area is 196 Å². The van der Waals surface area contributed by atoms with Crippen molar-refractivity contribution in [2.45, 2.75) is 44.7 Å². The smallest absolute Gasteiger partial charge is 0.324 e. The van der Waals surface area contributed by atoms with Gasteiger partial charge >= 0.3 is 6.03 Å². The first-order valence-electron chi connectivity index (χ1n) is 12.5. The average Bonchev–Trinajstić information content (AvgIpc) is 2.87. The van der Waals surface area contributed by atoms with E-state index >= 15 is 0 Å². The summed E-state index contributed by atoms with van der Waals surface area (Å²) < 4.78 is 11.8. The third-order valence-electron chi connectivity index (χ3n) is 7.99. The summed E-state index contributed by atoms with van der Waals surface area (Å²) in [4.78, 5) is 20.6. The van der Waals surface area contributed by atoms with Crippen LogP contribution in [0.5, 0.6) is 11.5 Å². The number of carbonyl (C=O) groups is 1. The van der Waals surface area contributed by atoms with Gasteiger partial charge in [-0.05, 0) is 73.9 Å². The molecule has 2 aromatic carbocycles. The maximum atomic E-state index is 13.8. The van der Waals surface area contributed by atoms with Crippen LogP contribution in [0.15, 0.2) is 42.5 Å². The number of ether oxygens (including phenoxy) is 2. The Morgan fingerprint density at radius 2 is 1.88 bits per heavy atom. The highest BCUT2D eigenvalue weighted by molar-refractivity contribution is 5.92. The molecule has 0 bridgehead atoms. The Morgan fingerprint density at radius 1 is 1.09 bits per heavy atom. The molecule has 3 atom stereocenters. The summed E-state index contributed by atoms with van der Waals surface area (Å²) in [6.07, 6.45) is 4.35. The highest BCUT2D eigenvalue weighted by Gasteiger charge is 2.45. The Hall–Kier alpha value is -2.73. The maximum absolute atomic E-state index is 13.8. The second-order valence-electron chi connectivity index (χ2n) is 9.72. The van der Waals surface area contributed by atoms with Gasteiger partial charge in [-0.25, -0.2) is 4.79 Å². The number of benzene rings is 2. The van der Waals surface area contributed by atoms with Crippen LogP contribution in [0.4, 0.5) is 10.5 Å². The summed E-state index contributed by atoms with van der Waals surface area (Å²) in [6, 6.07) is 15.3. The topological polar surface area (TPSA) is 45.3 Å². The van der Waals surface area contributed by atoms with Crippen LogP contribution in [0.1, 0.15) is 43.4 Å². The Kier molecular flexibility index (Phi) is 5.41. The first-order chi connectivity index (χ1) is 16.2. The minimum absolute atomic E-state index is 0.157. The van der Waals surface area contributed by atoms with Crippen molar-refractivity contribution >= 4 is 11.7 Å². The molecule has 33 heavy (non-hydrogen) atoms. The van der Waals surface area contributed by atoms with Gasteiger partial charge in [0, 0.05) is 44.0 Å². The van der Waals surface area contributed by atoms with Gasteiger partial charge in [0.2, 0.25) is 0 Å². The van der Waals surface area contributed by atoms with Crippen LogP contribution in [0.3, 0.4) is 0 Å². The highest BCUT2D eigenvalue weighted by atomic mass is 16.6. The van der Waals surface area contributed by atoms with Gasteiger partial charge in [-0.2, -0.15) is 0 Å². The third kappa shape index (κ3) is 3.65. The van der Waals surface area contributed by atoms with Crippen molar-refractivity contribution in [3.05, 3.63) is 53.6 Å². The summed E-state index contributed by atoms with van der Waals surface area (Å²) in [5, 5.41) is 0. The number of anilines is 1. The fourth-order valence-corrected chi connectivity index (χ4v) is 6.41. The van der Waals surface area contributed by atoms with Gasteiger partial charge in [0.1, 0.15) is 13.2 Å². The molecule has 4 aliphatic rings. The summed E-state index contributed by atoms with van der Waals surface area (Å²) in [5.41, 5.74) is 3.74. The number of carbonyl (C=O) groups excluding carboxylic acids is 1. The van der Waals surface area contributed by atoms with Gasteiger partial charge in [-0.1, -0.05) is 18.2 Å². The Balaban J connectivity index is 1.29. The first-order valence-corrected chi connectivity index (χ1v) is 12.5. The van der Waals surface area contributed by atoms with Gasteiger partial charge in [0.25, 0.3) is 0 Å². The number of rotatable bonds is 2. The molecule has 2 fully saturated rings. The maximum Gasteiger partial charge on any atom is 0.324 e. The van der Waals surface area contributed by atoms with E-state index in [-0.39, 0.29) is 12.1 Å². The number of hydrogen-bond donors (Lipinski definition) is 0. The largest absolute Gasteiger partial charge is 0.486 e. The molecule has 6 nitrogen and oxygen atoms in total. The lowest BCUT2D eigenvalue weighted by Gasteiger charge is -2.52. The first kappa shape index (κ1) is 20.8. The van der Waals surface area contributed by atoms with Crippen LogP contribution < -0.4 is 14.4 Å². The van der Waals surface area contributed by atoms with Gasteiger partial charge < -0.3 is 14.4 Å². The molecule has 0 N–H and O–H groups in total. The van der Waals surface area contributed by atoms with Crippen molar-refractivity contribution in [3.8, 4) is 11.5 Å². The van der Waals surface area contributed by atoms with Crippen LogP contribution in [0.2, 0.25) is 0 Å². The molecular weight excluding hydrogens is 414 g/mol. The van der Waals surface area contributed by atoms with Crippen molar-refractivity contribution in [3.63, 3.8) is 0 Å². The fraction of sp³-hybridized carbons (Fsp3) is 0.519. The number of fused-ring (bicyclic) bond motifs is 5. The summed E-state index contributed by atoms with van der Waals surface area (Å²) in [6.45, 7) is 6.99. The summed E-state index contributed by atoms with van der Waals surface area (Å²) in [7, 11) is 0. The van der Waals surface area contributed by atoms with Gasteiger partial charge in [-0.3, -0.25) is 9.80 Å². The van der Waals surface area contributed by atoms with E-state index in [0.29, 0.717) is 31.7 Å². The zero-order valence-corrected chi connectivity index (χ0v) is 19.4. The number of amides is 2. The lowest BCUT2D eigenvalue weighted by Crippen LogP contribution is -2.59. The van der Waals surface area contributed by atoms with Crippen LogP contribution in [0.25, 0.3) is 0 Å². The van der Waals surface area contributed by atoms with Crippen molar-refractivity contribution in [1.29, 1.82) is 0 Å². The number of piperidine rings is 2. The molecule has 0 aromatic heterocycles. The third-order valence-corrected chi connectivity index (χ3v) is 7.99. The minimum Gasteiger partial charge on any atom is -0.486 e. The minimum atomic E-state index is 0.157. The van der Waals surface area contributed by atoms with Gasteiger partial charge in [0.05, 0.1) is 0 Å². The SMILES string of the molecule is CCN(C(=O)N1CCC[C@H]2CN3CCc4cc5c(cc4[C@H]3C[C@H]21)OCCO5)c1ccccc1. The van der Waals surface area contributed by atoms with Gasteiger partial charge in [-0.15, -0.1) is 0 Å². The van der Waals surface area contributed by atoms with Crippen molar-refractivity contribution in [2.75, 3.05) is 44.3 Å². The van der Waals surface area contributed by atoms with Crippen LogP contribution >= 0.6 is 0 Å². The molecule has 0 radical (unpaired) electrons. The standard InChI is InChI=1S/C27H33N3O3/c1-2-29(21-8-4-3-5-9-21)27(31)30-11-6-7-20-18-28-12-10-19-15-25-26(33-14-13-32-25)16-22(19)24(28)17-23(20)30/h3-5,8-9,15-16,20,23-24H,2,6-7,10-14,17-18H2,1H3/t20-,23+,24+/m0/s1. The Bertz CT molecular complexity index is 1030. The lowest BCUT2D eigenvalue weighted by molar-refractivity contribution is 0.00683. The Morgan fingerprint density at radius 3 is 2.67 bits per heavy atom. The van der Waals surface area contributed by atoms with E-state index in [0.717, 1.165) is 56.1 Å². The van der Waals surface area contributed by atoms with Crippen LogP contribution in [-0.2, 0) is 6.42 Å². The van der Waals surface area contributed by atoms with E-state index in [1.54, 1.807) is 0 Å². The average molecular weight is 448 g/mol. The molecule has 2 amide bonds. The van der Waals surface area contributed by atoms with Crippen molar-refractivity contribution in [2.24, 2.45) is 5.92 Å². The van der Waals surface area contributed by atoms with E-state index in [1.807, 2.05) is 35.2 Å². The number of likely N-dealkylation sites (tertiary alicyclic amines) is 1. The molecule has 6 heteroatoms. The summed E-state index contributed by atoms with van der Waals surface area (Å²) >= 11 is 0. The number of nitrogens with zero attached hydrogens (tertiary/aromatic N) is 3. The van der Waals surface area contributed by atoms with E-state index < -0.39 is 0 Å². The van der Waals surface area contributed by atoms with Crippen LogP contribution in [0, 0.1) is 5.92 Å². The normalized spacial score (nSPS) is 26.1. The zero-order chi connectivity index (χ0) is 22.4. The molecule has 0 aliphatic carbocycles. The highest BCUT2D eigenvalue weighted by Crippen LogP contribution is 2.46. The molecular formula is C27H33N3O3. The predicted molar refractivity (Wildman–Crippen MR) is 128 cm³/mol. The quantitative estimate of drug-likeness (QED) is 0.681. The second-order valence-corrected chi connectivity index (χ2v) is 9.72. The molecule has 4 heterocycles. The molecule has 0 saturated carbocycles. The molecule has 2 saturated heterocycles. The molecule has 0 spiro atoms. The molecule has 0 unspecified atom stereocenters. The van der Waals surface area contributed by atoms with E-state index in [1.165, 1.54) is 17.5 Å². The van der Waals surface area contributed by atoms with E-state index in [9.17, 15) is 4.79 Å². The zero-order valence-electron chi connectivity index (χ0n) is 19.4. The van der Waals surface area contributed by atoms with Crippen molar-refractivity contribution < 1.29 is 14.3 Å². The predicted octanol–water partition coefficient (Wildman–Crippen LogP) is 4.49. The molecule has 174 valence electrons. The summed E-state index contributed by atoms with van der Waals surface area (Å²) in [5.74, 6) is 2.31. The number of para-hydroxylation sites is 1. The van der Waals surface area contributed by atoms with Crippen molar-refractivity contribution in [1.82, 2.24) is 9.80 Å². The number of urea groups is 1. The lowest BCUT2D eigenvalue weighted by atomic mass is 9.76. The molecule has 4 aliphatic heterocycles. The number of hydrogen-bond acceptors (Lipinski definition) is 4. The van der Waals surface area contributed by atoms with E-state index in [2.05, 4.69) is 28.9 Å². The van der Waals surface area contributed by atoms with Gasteiger partial charge in [0.15, 0.2) is 11.5 Å². The van der Waals surface area contributed by atoms with E-state index in [4.69, 9.17) is 9.47 Å². The monoisotopic (exact) mass is 447 g/mol. The van der Waals surface area contributed by atoms with Crippen LogP contribution in [-0.4, -0.2) is 61.3 Å². The second kappa shape index (κ2) is 8.56. The fourth-order valence-electron chi connectivity index (χ4n) is 6.41. The molecule has 6 rings (SSSR count).